The van der Waals surface area contributed by atoms with Gasteiger partial charge in [0.1, 0.15) is 11.6 Å². The molecule has 1 atom stereocenters. The highest BCUT2D eigenvalue weighted by Crippen LogP contribution is 2.28. The second-order valence-corrected chi connectivity index (χ2v) is 6.48. The van der Waals surface area contributed by atoms with E-state index in [4.69, 9.17) is 0 Å². The number of fused-ring (bicyclic) bond motifs is 1. The molecule has 0 bridgehead atoms. The van der Waals surface area contributed by atoms with Crippen LogP contribution in [0.5, 0.6) is 0 Å². The van der Waals surface area contributed by atoms with Crippen molar-refractivity contribution in [1.29, 1.82) is 0 Å². The number of rotatable bonds is 3. The van der Waals surface area contributed by atoms with Crippen LogP contribution in [0.2, 0.25) is 0 Å². The van der Waals surface area contributed by atoms with Gasteiger partial charge < -0.3 is 4.57 Å². The molecule has 0 N–H and O–H groups in total. The third-order valence-corrected chi connectivity index (χ3v) is 5.20. The van der Waals surface area contributed by atoms with Crippen LogP contribution in [-0.2, 0) is 13.1 Å². The van der Waals surface area contributed by atoms with Gasteiger partial charge in [0.15, 0.2) is 0 Å². The zero-order chi connectivity index (χ0) is 15.1. The Kier molecular flexibility index (Phi) is 3.47. The van der Waals surface area contributed by atoms with Crippen LogP contribution < -0.4 is 0 Å². The van der Waals surface area contributed by atoms with Gasteiger partial charge in [0, 0.05) is 38.3 Å². The van der Waals surface area contributed by atoms with Gasteiger partial charge in [0.2, 0.25) is 0 Å². The SMILES string of the molecule is Cc1nnc2n1CCN(C1CN([C@@H](C)c3ccccc3)C1)C2. The molecular formula is C17H23N5. The van der Waals surface area contributed by atoms with E-state index in [1.54, 1.807) is 0 Å². The summed E-state index contributed by atoms with van der Waals surface area (Å²) in [6, 6.07) is 12.0. The van der Waals surface area contributed by atoms with Crippen molar-refractivity contribution in [3.8, 4) is 0 Å². The molecule has 0 radical (unpaired) electrons. The van der Waals surface area contributed by atoms with Gasteiger partial charge in [-0.1, -0.05) is 30.3 Å². The van der Waals surface area contributed by atoms with Crippen molar-refractivity contribution in [2.75, 3.05) is 19.6 Å². The van der Waals surface area contributed by atoms with Crippen LogP contribution in [0.15, 0.2) is 30.3 Å². The monoisotopic (exact) mass is 297 g/mol. The van der Waals surface area contributed by atoms with Crippen LogP contribution in [0.4, 0.5) is 0 Å². The van der Waals surface area contributed by atoms with E-state index in [0.717, 1.165) is 44.4 Å². The highest BCUT2D eigenvalue weighted by Gasteiger charge is 2.36. The first-order valence-electron chi connectivity index (χ1n) is 8.14. The predicted octanol–water partition coefficient (Wildman–Crippen LogP) is 1.85. The Morgan fingerprint density at radius 3 is 2.64 bits per heavy atom. The molecule has 22 heavy (non-hydrogen) atoms. The zero-order valence-electron chi connectivity index (χ0n) is 13.3. The highest BCUT2D eigenvalue weighted by molar-refractivity contribution is 5.19. The maximum absolute atomic E-state index is 4.31. The Bertz CT molecular complexity index is 644. The maximum Gasteiger partial charge on any atom is 0.147 e. The lowest BCUT2D eigenvalue weighted by Gasteiger charge is -2.49. The molecule has 3 heterocycles. The van der Waals surface area contributed by atoms with Crippen molar-refractivity contribution in [2.24, 2.45) is 0 Å². The van der Waals surface area contributed by atoms with E-state index in [2.05, 4.69) is 61.8 Å². The molecule has 4 rings (SSSR count). The van der Waals surface area contributed by atoms with Gasteiger partial charge in [-0.15, -0.1) is 10.2 Å². The normalized spacial score (nSPS) is 21.4. The summed E-state index contributed by atoms with van der Waals surface area (Å²) in [6.07, 6.45) is 0. The summed E-state index contributed by atoms with van der Waals surface area (Å²) in [5, 5.41) is 8.50. The molecular weight excluding hydrogens is 274 g/mol. The van der Waals surface area contributed by atoms with Gasteiger partial charge in [-0.05, 0) is 19.4 Å². The average Bonchev–Trinajstić information content (AvgIpc) is 2.88. The number of benzene rings is 1. The molecule has 2 aromatic rings. The molecule has 2 aliphatic rings. The van der Waals surface area contributed by atoms with Gasteiger partial charge in [0.05, 0.1) is 6.54 Å². The minimum atomic E-state index is 0.508. The zero-order valence-corrected chi connectivity index (χ0v) is 13.3. The third kappa shape index (κ3) is 2.34. The molecule has 1 fully saturated rings. The Morgan fingerprint density at radius 2 is 1.86 bits per heavy atom. The summed E-state index contributed by atoms with van der Waals surface area (Å²) in [6.45, 7) is 9.75. The van der Waals surface area contributed by atoms with Crippen molar-refractivity contribution >= 4 is 0 Å². The van der Waals surface area contributed by atoms with Gasteiger partial charge in [-0.2, -0.15) is 0 Å². The third-order valence-electron chi connectivity index (χ3n) is 5.20. The second-order valence-electron chi connectivity index (χ2n) is 6.48. The van der Waals surface area contributed by atoms with Crippen LogP contribution in [-0.4, -0.2) is 50.2 Å². The Hall–Kier alpha value is -1.72. The van der Waals surface area contributed by atoms with E-state index in [1.807, 2.05) is 6.92 Å². The molecule has 0 saturated carbocycles. The number of hydrogen-bond donors (Lipinski definition) is 0. The van der Waals surface area contributed by atoms with E-state index in [1.165, 1.54) is 5.56 Å². The Balaban J connectivity index is 1.36. The summed E-state index contributed by atoms with van der Waals surface area (Å²) in [4.78, 5) is 5.13. The van der Waals surface area contributed by atoms with Gasteiger partial charge in [-0.25, -0.2) is 0 Å². The molecule has 2 aliphatic heterocycles. The number of likely N-dealkylation sites (tertiary alicyclic amines) is 1. The number of hydrogen-bond acceptors (Lipinski definition) is 4. The van der Waals surface area contributed by atoms with E-state index in [0.29, 0.717) is 12.1 Å². The predicted molar refractivity (Wildman–Crippen MR) is 85.4 cm³/mol. The molecule has 0 amide bonds. The van der Waals surface area contributed by atoms with Crippen molar-refractivity contribution in [3.05, 3.63) is 47.5 Å². The summed E-state index contributed by atoms with van der Waals surface area (Å²) >= 11 is 0. The molecule has 0 spiro atoms. The standard InChI is InChI=1S/C17H23N5/c1-13(15-6-4-3-5-7-15)21-10-16(11-21)20-8-9-22-14(2)18-19-17(22)12-20/h3-7,13,16H,8-12H2,1-2H3/t13-/m0/s1. The number of aromatic nitrogens is 3. The molecule has 1 saturated heterocycles. The molecule has 0 aliphatic carbocycles. The first-order valence-corrected chi connectivity index (χ1v) is 8.14. The van der Waals surface area contributed by atoms with Gasteiger partial charge in [-0.3, -0.25) is 9.80 Å². The summed E-state index contributed by atoms with van der Waals surface area (Å²) in [7, 11) is 0. The first-order chi connectivity index (χ1) is 10.7. The van der Waals surface area contributed by atoms with Crippen LogP contribution in [0, 0.1) is 6.92 Å². The van der Waals surface area contributed by atoms with Crippen molar-refractivity contribution < 1.29 is 0 Å². The number of aryl methyl sites for hydroxylation is 1. The van der Waals surface area contributed by atoms with E-state index < -0.39 is 0 Å². The van der Waals surface area contributed by atoms with Crippen molar-refractivity contribution in [1.82, 2.24) is 24.6 Å². The fourth-order valence-corrected chi connectivity index (χ4v) is 3.61. The summed E-state index contributed by atoms with van der Waals surface area (Å²) < 4.78 is 2.25. The topological polar surface area (TPSA) is 37.2 Å². The van der Waals surface area contributed by atoms with E-state index in [-0.39, 0.29) is 0 Å². The average molecular weight is 297 g/mol. The minimum absolute atomic E-state index is 0.508. The molecule has 5 nitrogen and oxygen atoms in total. The molecule has 1 aromatic heterocycles. The van der Waals surface area contributed by atoms with Crippen LogP contribution in [0.1, 0.15) is 30.2 Å². The molecule has 0 unspecified atom stereocenters. The fourth-order valence-electron chi connectivity index (χ4n) is 3.61. The van der Waals surface area contributed by atoms with Crippen LogP contribution >= 0.6 is 0 Å². The van der Waals surface area contributed by atoms with Crippen LogP contribution in [0.25, 0.3) is 0 Å². The fraction of sp³-hybridized carbons (Fsp3) is 0.529. The minimum Gasteiger partial charge on any atom is -0.313 e. The van der Waals surface area contributed by atoms with E-state index >= 15 is 0 Å². The lowest BCUT2D eigenvalue weighted by Crippen LogP contribution is -2.60. The summed E-state index contributed by atoms with van der Waals surface area (Å²) in [5.74, 6) is 2.17. The first kappa shape index (κ1) is 13.9. The smallest absolute Gasteiger partial charge is 0.147 e. The lowest BCUT2D eigenvalue weighted by atomic mass is 9.99. The number of nitrogens with zero attached hydrogens (tertiary/aromatic N) is 5. The Morgan fingerprint density at radius 1 is 1.09 bits per heavy atom. The molecule has 1 aromatic carbocycles. The largest absolute Gasteiger partial charge is 0.313 e. The second kappa shape index (κ2) is 5.48. The quantitative estimate of drug-likeness (QED) is 0.866. The summed E-state index contributed by atoms with van der Waals surface area (Å²) in [5.41, 5.74) is 1.41. The lowest BCUT2D eigenvalue weighted by molar-refractivity contribution is -0.00465. The van der Waals surface area contributed by atoms with Crippen molar-refractivity contribution in [2.45, 2.75) is 39.0 Å². The van der Waals surface area contributed by atoms with Crippen LogP contribution in [0.3, 0.4) is 0 Å². The Labute approximate surface area is 131 Å². The maximum atomic E-state index is 4.31. The van der Waals surface area contributed by atoms with E-state index in [9.17, 15) is 0 Å². The van der Waals surface area contributed by atoms with Gasteiger partial charge in [0.25, 0.3) is 0 Å². The highest BCUT2D eigenvalue weighted by atomic mass is 15.4. The molecule has 116 valence electrons. The van der Waals surface area contributed by atoms with Gasteiger partial charge >= 0.3 is 0 Å². The van der Waals surface area contributed by atoms with Crippen molar-refractivity contribution in [3.63, 3.8) is 0 Å². The molecule has 5 heteroatoms.